The molecule has 0 aromatic carbocycles. The third-order valence-electron chi connectivity index (χ3n) is 3.61. The predicted molar refractivity (Wildman–Crippen MR) is 64.0 cm³/mol. The quantitative estimate of drug-likeness (QED) is 0.753. The molecular weight excluding hydrogens is 188 g/mol. The van der Waals surface area contributed by atoms with Gasteiger partial charge in [0.05, 0.1) is 0 Å². The lowest BCUT2D eigenvalue weighted by atomic mass is 9.74. The van der Waals surface area contributed by atoms with E-state index < -0.39 is 0 Å². The number of hydrogen-bond donors (Lipinski definition) is 1. The highest BCUT2D eigenvalue weighted by atomic mass is 16.3. The second kappa shape index (κ2) is 5.28. The fraction of sp³-hybridized carbons (Fsp3) is 1.00. The van der Waals surface area contributed by atoms with Gasteiger partial charge in [-0.25, -0.2) is 0 Å². The van der Waals surface area contributed by atoms with Gasteiger partial charge >= 0.3 is 0 Å². The molecule has 1 N–H and O–H groups in total. The molecule has 0 spiro atoms. The molecule has 0 radical (unpaired) electrons. The minimum Gasteiger partial charge on any atom is -0.396 e. The van der Waals surface area contributed by atoms with Crippen molar-refractivity contribution in [3.8, 4) is 0 Å². The molecule has 0 aliphatic carbocycles. The van der Waals surface area contributed by atoms with E-state index in [9.17, 15) is 5.11 Å². The Kier molecular flexibility index (Phi) is 4.56. The van der Waals surface area contributed by atoms with Gasteiger partial charge in [0.15, 0.2) is 0 Å². The maximum atomic E-state index is 9.30. The summed E-state index contributed by atoms with van der Waals surface area (Å²) in [5.41, 5.74) is 0.263. The van der Waals surface area contributed by atoms with E-state index in [1.54, 1.807) is 0 Å². The number of aliphatic hydroxyl groups excluding tert-OH is 1. The largest absolute Gasteiger partial charge is 0.396 e. The number of aliphatic hydroxyl groups is 1. The summed E-state index contributed by atoms with van der Waals surface area (Å²) >= 11 is 0. The normalized spacial score (nSPS) is 27.2. The van der Waals surface area contributed by atoms with E-state index in [1.165, 1.54) is 0 Å². The van der Waals surface area contributed by atoms with Crippen LogP contribution >= 0.6 is 0 Å². The molecule has 90 valence electrons. The van der Waals surface area contributed by atoms with Gasteiger partial charge in [0.1, 0.15) is 0 Å². The molecule has 1 fully saturated rings. The standard InChI is InChI=1S/C12H26N2O/c1-12(2)10-14(8-7-13(3)4)6-5-11(12)9-15/h11,15H,5-10H2,1-4H3. The molecule has 1 aliphatic heterocycles. The van der Waals surface area contributed by atoms with Gasteiger partial charge in [0, 0.05) is 26.2 Å². The summed E-state index contributed by atoms with van der Waals surface area (Å²) in [6, 6.07) is 0. The number of piperidine rings is 1. The number of likely N-dealkylation sites (N-methyl/N-ethyl adjacent to an activating group) is 1. The van der Waals surface area contributed by atoms with E-state index in [0.717, 1.165) is 32.6 Å². The molecule has 0 aromatic rings. The number of rotatable bonds is 4. The molecular formula is C12H26N2O. The lowest BCUT2D eigenvalue weighted by Gasteiger charge is -2.44. The van der Waals surface area contributed by atoms with Crippen LogP contribution in [0.2, 0.25) is 0 Å². The van der Waals surface area contributed by atoms with Gasteiger partial charge in [-0.2, -0.15) is 0 Å². The van der Waals surface area contributed by atoms with Gasteiger partial charge in [0.25, 0.3) is 0 Å². The van der Waals surface area contributed by atoms with Gasteiger partial charge in [-0.15, -0.1) is 0 Å². The minimum absolute atomic E-state index is 0.263. The van der Waals surface area contributed by atoms with Gasteiger partial charge in [-0.1, -0.05) is 13.8 Å². The van der Waals surface area contributed by atoms with Crippen LogP contribution in [0.25, 0.3) is 0 Å². The summed E-state index contributed by atoms with van der Waals surface area (Å²) in [5, 5.41) is 9.30. The summed E-state index contributed by atoms with van der Waals surface area (Å²) in [5.74, 6) is 0.480. The van der Waals surface area contributed by atoms with Crippen molar-refractivity contribution in [2.45, 2.75) is 20.3 Å². The van der Waals surface area contributed by atoms with E-state index in [-0.39, 0.29) is 5.41 Å². The van der Waals surface area contributed by atoms with Crippen molar-refractivity contribution in [2.75, 3.05) is 46.9 Å². The molecule has 0 bridgehead atoms. The minimum atomic E-state index is 0.263. The Morgan fingerprint density at radius 1 is 1.40 bits per heavy atom. The van der Waals surface area contributed by atoms with Crippen LogP contribution in [0.5, 0.6) is 0 Å². The Hall–Kier alpha value is -0.120. The van der Waals surface area contributed by atoms with E-state index in [0.29, 0.717) is 12.5 Å². The van der Waals surface area contributed by atoms with E-state index in [2.05, 4.69) is 37.7 Å². The number of nitrogens with zero attached hydrogens (tertiary/aromatic N) is 2. The average Bonchev–Trinajstić information content (AvgIpc) is 2.13. The molecule has 1 aliphatic rings. The summed E-state index contributed by atoms with van der Waals surface area (Å²) in [4.78, 5) is 4.75. The number of likely N-dealkylation sites (tertiary alicyclic amines) is 1. The van der Waals surface area contributed by atoms with E-state index in [1.807, 2.05) is 0 Å². The summed E-state index contributed by atoms with van der Waals surface area (Å²) in [6.07, 6.45) is 1.14. The highest BCUT2D eigenvalue weighted by Gasteiger charge is 2.34. The zero-order chi connectivity index (χ0) is 11.5. The molecule has 3 nitrogen and oxygen atoms in total. The van der Waals surface area contributed by atoms with E-state index >= 15 is 0 Å². The first-order chi connectivity index (χ1) is 6.95. The second-order valence-electron chi connectivity index (χ2n) is 5.74. The molecule has 3 heteroatoms. The third-order valence-corrected chi connectivity index (χ3v) is 3.61. The molecule has 1 unspecified atom stereocenters. The Labute approximate surface area is 94.1 Å². The van der Waals surface area contributed by atoms with Crippen molar-refractivity contribution in [1.82, 2.24) is 9.80 Å². The Balaban J connectivity index is 2.40. The summed E-state index contributed by atoms with van der Waals surface area (Å²) in [7, 11) is 4.23. The Morgan fingerprint density at radius 2 is 2.07 bits per heavy atom. The smallest absolute Gasteiger partial charge is 0.0465 e. The topological polar surface area (TPSA) is 26.7 Å². The van der Waals surface area contributed by atoms with Crippen LogP contribution in [0, 0.1) is 11.3 Å². The van der Waals surface area contributed by atoms with Crippen molar-refractivity contribution in [3.05, 3.63) is 0 Å². The first-order valence-electron chi connectivity index (χ1n) is 5.93. The molecule has 0 aromatic heterocycles. The van der Waals surface area contributed by atoms with Crippen LogP contribution in [0.3, 0.4) is 0 Å². The first kappa shape index (κ1) is 12.9. The van der Waals surface area contributed by atoms with Crippen molar-refractivity contribution < 1.29 is 5.11 Å². The molecule has 1 rings (SSSR count). The lowest BCUT2D eigenvalue weighted by molar-refractivity contribution is 0.0192. The first-order valence-corrected chi connectivity index (χ1v) is 5.93. The van der Waals surface area contributed by atoms with Gasteiger partial charge in [0.2, 0.25) is 0 Å². The fourth-order valence-corrected chi connectivity index (χ4v) is 2.38. The van der Waals surface area contributed by atoms with Crippen LogP contribution in [0.1, 0.15) is 20.3 Å². The lowest BCUT2D eigenvalue weighted by Crippen LogP contribution is -2.48. The van der Waals surface area contributed by atoms with Gasteiger partial charge in [-0.3, -0.25) is 0 Å². The summed E-state index contributed by atoms with van der Waals surface area (Å²) < 4.78 is 0. The highest BCUT2D eigenvalue weighted by Crippen LogP contribution is 2.34. The van der Waals surface area contributed by atoms with Gasteiger partial charge in [-0.05, 0) is 38.4 Å². The van der Waals surface area contributed by atoms with Crippen molar-refractivity contribution in [3.63, 3.8) is 0 Å². The SMILES string of the molecule is CN(C)CCN1CCC(CO)C(C)(C)C1. The Bertz CT molecular complexity index is 192. The van der Waals surface area contributed by atoms with Crippen LogP contribution in [-0.4, -0.2) is 61.8 Å². The number of hydrogen-bond acceptors (Lipinski definition) is 3. The van der Waals surface area contributed by atoms with Gasteiger partial charge < -0.3 is 14.9 Å². The molecule has 0 amide bonds. The zero-order valence-corrected chi connectivity index (χ0v) is 10.7. The zero-order valence-electron chi connectivity index (χ0n) is 10.7. The van der Waals surface area contributed by atoms with Crippen LogP contribution in [0.4, 0.5) is 0 Å². The van der Waals surface area contributed by atoms with Crippen LogP contribution in [-0.2, 0) is 0 Å². The maximum absolute atomic E-state index is 9.30. The van der Waals surface area contributed by atoms with Crippen LogP contribution in [0.15, 0.2) is 0 Å². The summed E-state index contributed by atoms with van der Waals surface area (Å²) in [6.45, 7) is 9.42. The molecule has 1 atom stereocenters. The second-order valence-corrected chi connectivity index (χ2v) is 5.74. The van der Waals surface area contributed by atoms with Crippen LogP contribution < -0.4 is 0 Å². The molecule has 0 saturated carbocycles. The average molecular weight is 214 g/mol. The van der Waals surface area contributed by atoms with Crippen molar-refractivity contribution in [1.29, 1.82) is 0 Å². The third kappa shape index (κ3) is 3.74. The molecule has 1 saturated heterocycles. The fourth-order valence-electron chi connectivity index (χ4n) is 2.38. The van der Waals surface area contributed by atoms with Crippen molar-refractivity contribution >= 4 is 0 Å². The Morgan fingerprint density at radius 3 is 2.53 bits per heavy atom. The maximum Gasteiger partial charge on any atom is 0.0465 e. The molecule has 1 heterocycles. The van der Waals surface area contributed by atoms with Crippen molar-refractivity contribution in [2.24, 2.45) is 11.3 Å². The monoisotopic (exact) mass is 214 g/mol. The highest BCUT2D eigenvalue weighted by molar-refractivity contribution is 4.86. The predicted octanol–water partition coefficient (Wildman–Crippen LogP) is 0.888. The molecule has 15 heavy (non-hydrogen) atoms. The van der Waals surface area contributed by atoms with E-state index in [4.69, 9.17) is 0 Å².